The molecule has 2 aromatic rings. The Bertz CT molecular complexity index is 695. The Kier molecular flexibility index (Phi) is 5.66. The van der Waals surface area contributed by atoms with Gasteiger partial charge < -0.3 is 0 Å². The molecule has 128 valence electrons. The summed E-state index contributed by atoms with van der Waals surface area (Å²) in [6, 6.07) is 10.6. The van der Waals surface area contributed by atoms with Crippen molar-refractivity contribution in [3.8, 4) is 0 Å². The standard InChI is InChI=1S/C18H22ClN3OS/c1-3-17-6-4-15(11-20-17)13(2)21-9-8-14-5-7-18(22(23)24-19)10-16(14)12-21/h4-7,10-11,13,23H,3,8-9,12H2,1-2H3. The van der Waals surface area contributed by atoms with Crippen molar-refractivity contribution >= 4 is 27.5 Å². The van der Waals surface area contributed by atoms with Crippen LogP contribution in [-0.4, -0.2) is 21.6 Å². The van der Waals surface area contributed by atoms with Crippen LogP contribution in [0.4, 0.5) is 5.69 Å². The molecule has 0 bridgehead atoms. The largest absolute Gasteiger partial charge is 0.292 e. The third-order valence-corrected chi connectivity index (χ3v) is 5.49. The Balaban J connectivity index is 1.77. The second-order valence-corrected chi connectivity index (χ2v) is 7.03. The molecular weight excluding hydrogens is 342 g/mol. The summed E-state index contributed by atoms with van der Waals surface area (Å²) < 4.78 is 0.984. The van der Waals surface area contributed by atoms with Crippen molar-refractivity contribution in [2.75, 3.05) is 11.0 Å². The van der Waals surface area contributed by atoms with Crippen LogP contribution in [0, 0.1) is 0 Å². The number of benzene rings is 1. The summed E-state index contributed by atoms with van der Waals surface area (Å²) in [5, 5.41) is 9.78. The fourth-order valence-electron chi connectivity index (χ4n) is 3.16. The lowest BCUT2D eigenvalue weighted by Crippen LogP contribution is -2.33. The lowest BCUT2D eigenvalue weighted by Gasteiger charge is -2.34. The number of fused-ring (bicyclic) bond motifs is 1. The quantitative estimate of drug-likeness (QED) is 0.612. The molecule has 4 nitrogen and oxygen atoms in total. The minimum atomic E-state index is 0.313. The predicted octanol–water partition coefficient (Wildman–Crippen LogP) is 4.76. The van der Waals surface area contributed by atoms with Crippen LogP contribution in [0.15, 0.2) is 36.5 Å². The molecule has 3 rings (SSSR count). The first-order chi connectivity index (χ1) is 11.6. The van der Waals surface area contributed by atoms with Gasteiger partial charge in [-0.3, -0.25) is 15.1 Å². The molecule has 1 atom stereocenters. The molecule has 0 aliphatic carbocycles. The van der Waals surface area contributed by atoms with Gasteiger partial charge >= 0.3 is 0 Å². The van der Waals surface area contributed by atoms with E-state index in [0.717, 1.165) is 47.3 Å². The first-order valence-electron chi connectivity index (χ1n) is 8.20. The van der Waals surface area contributed by atoms with Crippen molar-refractivity contribution in [3.63, 3.8) is 0 Å². The maximum atomic E-state index is 9.78. The molecule has 1 aliphatic heterocycles. The molecule has 1 unspecified atom stereocenters. The Labute approximate surface area is 152 Å². The zero-order valence-electron chi connectivity index (χ0n) is 13.9. The van der Waals surface area contributed by atoms with Gasteiger partial charge in [0.05, 0.1) is 16.8 Å². The van der Waals surface area contributed by atoms with E-state index in [1.54, 1.807) is 0 Å². The van der Waals surface area contributed by atoms with Gasteiger partial charge in [0.2, 0.25) is 0 Å². The third kappa shape index (κ3) is 3.70. The maximum Gasteiger partial charge on any atom is 0.0882 e. The van der Waals surface area contributed by atoms with Gasteiger partial charge in [-0.1, -0.05) is 19.1 Å². The second-order valence-electron chi connectivity index (χ2n) is 6.13. The number of nitrogens with zero attached hydrogens (tertiary/aromatic N) is 3. The van der Waals surface area contributed by atoms with Gasteiger partial charge in [-0.15, -0.1) is 0 Å². The van der Waals surface area contributed by atoms with Crippen molar-refractivity contribution in [2.45, 2.75) is 39.3 Å². The smallest absolute Gasteiger partial charge is 0.0882 e. The summed E-state index contributed by atoms with van der Waals surface area (Å²) in [6.45, 7) is 6.23. The SMILES string of the molecule is CCc1ccc(C(C)N2CCc3ccc(N(O)SCl)cc3C2)cn1. The van der Waals surface area contributed by atoms with Gasteiger partial charge in [-0.2, -0.15) is 4.47 Å². The summed E-state index contributed by atoms with van der Waals surface area (Å²) in [4.78, 5) is 6.97. The molecule has 0 spiro atoms. The summed E-state index contributed by atoms with van der Waals surface area (Å²) in [6.07, 6.45) is 3.97. The third-order valence-electron chi connectivity index (χ3n) is 4.76. The van der Waals surface area contributed by atoms with Gasteiger partial charge in [0.25, 0.3) is 0 Å². The van der Waals surface area contributed by atoms with E-state index < -0.39 is 0 Å². The van der Waals surface area contributed by atoms with Crippen LogP contribution < -0.4 is 4.47 Å². The average molecular weight is 364 g/mol. The zero-order valence-corrected chi connectivity index (χ0v) is 15.5. The molecule has 0 fully saturated rings. The highest BCUT2D eigenvalue weighted by atomic mass is 35.7. The normalized spacial score (nSPS) is 15.8. The highest BCUT2D eigenvalue weighted by Crippen LogP contribution is 2.31. The van der Waals surface area contributed by atoms with Gasteiger partial charge in [0.1, 0.15) is 0 Å². The monoisotopic (exact) mass is 363 g/mol. The van der Waals surface area contributed by atoms with Crippen LogP contribution in [0.25, 0.3) is 0 Å². The van der Waals surface area contributed by atoms with Crippen molar-refractivity contribution in [1.29, 1.82) is 0 Å². The highest BCUT2D eigenvalue weighted by molar-refractivity contribution is 8.21. The Morgan fingerprint density at radius 1 is 1.33 bits per heavy atom. The first kappa shape index (κ1) is 17.5. The Morgan fingerprint density at radius 2 is 2.17 bits per heavy atom. The Morgan fingerprint density at radius 3 is 2.83 bits per heavy atom. The number of anilines is 1. The van der Waals surface area contributed by atoms with E-state index in [-0.39, 0.29) is 0 Å². The minimum absolute atomic E-state index is 0.313. The molecule has 0 saturated heterocycles. The second kappa shape index (κ2) is 7.74. The van der Waals surface area contributed by atoms with Crippen molar-refractivity contribution in [2.24, 2.45) is 0 Å². The number of aromatic nitrogens is 1. The molecule has 1 N–H and O–H groups in total. The molecule has 1 aliphatic rings. The van der Waals surface area contributed by atoms with Gasteiger partial charge in [-0.05, 0) is 65.3 Å². The molecular formula is C18H22ClN3OS. The minimum Gasteiger partial charge on any atom is -0.292 e. The summed E-state index contributed by atoms with van der Waals surface area (Å²) in [5.41, 5.74) is 5.66. The van der Waals surface area contributed by atoms with E-state index in [9.17, 15) is 5.21 Å². The van der Waals surface area contributed by atoms with Gasteiger partial charge in [0, 0.05) is 31.0 Å². The van der Waals surface area contributed by atoms with Crippen molar-refractivity contribution < 1.29 is 5.21 Å². The Hall–Kier alpha value is -1.27. The van der Waals surface area contributed by atoms with Gasteiger partial charge in [-0.25, -0.2) is 0 Å². The molecule has 0 amide bonds. The zero-order chi connectivity index (χ0) is 17.1. The predicted molar refractivity (Wildman–Crippen MR) is 100 cm³/mol. The van der Waals surface area contributed by atoms with Crippen LogP contribution >= 0.6 is 21.8 Å². The summed E-state index contributed by atoms with van der Waals surface area (Å²) in [5.74, 6) is 0. The fourth-order valence-corrected chi connectivity index (χ4v) is 3.59. The van der Waals surface area contributed by atoms with E-state index in [1.807, 2.05) is 18.3 Å². The topological polar surface area (TPSA) is 39.6 Å². The van der Waals surface area contributed by atoms with Crippen LogP contribution in [0.5, 0.6) is 0 Å². The molecule has 0 saturated carbocycles. The summed E-state index contributed by atoms with van der Waals surface area (Å²) in [7, 11) is 5.63. The van der Waals surface area contributed by atoms with E-state index in [2.05, 4.69) is 41.9 Å². The molecule has 1 aromatic carbocycles. The summed E-state index contributed by atoms with van der Waals surface area (Å²) >= 11 is 0.775. The van der Waals surface area contributed by atoms with E-state index in [0.29, 0.717) is 11.7 Å². The van der Waals surface area contributed by atoms with Crippen LogP contribution in [0.3, 0.4) is 0 Å². The average Bonchev–Trinajstić information content (AvgIpc) is 2.65. The number of halogens is 1. The van der Waals surface area contributed by atoms with Crippen LogP contribution in [0.2, 0.25) is 0 Å². The number of hydrogen-bond donors (Lipinski definition) is 1. The first-order valence-corrected chi connectivity index (χ1v) is 9.80. The maximum absolute atomic E-state index is 9.78. The lowest BCUT2D eigenvalue weighted by molar-refractivity contribution is 0.192. The fraction of sp³-hybridized carbons (Fsp3) is 0.389. The van der Waals surface area contributed by atoms with Crippen molar-refractivity contribution in [1.82, 2.24) is 9.88 Å². The number of hydrogen-bond acceptors (Lipinski definition) is 5. The number of rotatable bonds is 5. The molecule has 1 aromatic heterocycles. The molecule has 6 heteroatoms. The molecule has 0 radical (unpaired) electrons. The number of aryl methyl sites for hydroxylation is 1. The lowest BCUT2D eigenvalue weighted by atomic mass is 9.96. The van der Waals surface area contributed by atoms with E-state index in [4.69, 9.17) is 10.7 Å². The highest BCUT2D eigenvalue weighted by Gasteiger charge is 2.22. The van der Waals surface area contributed by atoms with Gasteiger partial charge in [0.15, 0.2) is 0 Å². The van der Waals surface area contributed by atoms with Crippen LogP contribution in [-0.2, 0) is 19.4 Å². The van der Waals surface area contributed by atoms with Crippen molar-refractivity contribution in [3.05, 3.63) is 58.9 Å². The molecule has 2 heterocycles. The van der Waals surface area contributed by atoms with E-state index in [1.165, 1.54) is 16.7 Å². The van der Waals surface area contributed by atoms with E-state index >= 15 is 0 Å². The van der Waals surface area contributed by atoms with Crippen LogP contribution in [0.1, 0.15) is 42.3 Å². The molecule has 24 heavy (non-hydrogen) atoms. The number of pyridine rings is 1.